The van der Waals surface area contributed by atoms with E-state index in [1.165, 1.54) is 4.90 Å². The van der Waals surface area contributed by atoms with E-state index in [9.17, 15) is 4.79 Å². The van der Waals surface area contributed by atoms with Crippen molar-refractivity contribution in [3.8, 4) is 5.75 Å². The number of amides is 1. The van der Waals surface area contributed by atoms with Crippen LogP contribution in [0.25, 0.3) is 0 Å². The Morgan fingerprint density at radius 2 is 2.22 bits per heavy atom. The summed E-state index contributed by atoms with van der Waals surface area (Å²) in [6.45, 7) is 3.66. The molecule has 1 rings (SSSR count). The summed E-state index contributed by atoms with van der Waals surface area (Å²) in [5.41, 5.74) is 1.12. The van der Waals surface area contributed by atoms with E-state index in [0.29, 0.717) is 5.75 Å². The molecule has 1 amide bonds. The third-order valence-corrected chi connectivity index (χ3v) is 3.38. The average Bonchev–Trinajstić information content (AvgIpc) is 2.35. The van der Waals surface area contributed by atoms with E-state index in [4.69, 9.17) is 9.84 Å². The fourth-order valence-corrected chi connectivity index (χ4v) is 1.94. The Balaban J connectivity index is 2.57. The SMILES string of the molecule is Cc1ccc(OCC(=O)N(C)C(C)CO)c(Br)c1. The molecule has 1 N–H and O–H groups in total. The summed E-state index contributed by atoms with van der Waals surface area (Å²) in [6, 6.07) is 5.47. The van der Waals surface area contributed by atoms with Crippen LogP contribution in [0.15, 0.2) is 22.7 Å². The second-order valence-corrected chi connectivity index (χ2v) is 5.11. The molecule has 1 aromatic carbocycles. The highest BCUT2D eigenvalue weighted by Gasteiger charge is 2.15. The molecule has 0 saturated carbocycles. The van der Waals surface area contributed by atoms with Gasteiger partial charge in [-0.05, 0) is 47.5 Å². The lowest BCUT2D eigenvalue weighted by molar-refractivity contribution is -0.134. The molecule has 1 aromatic rings. The number of rotatable bonds is 5. The molecular weight excluding hydrogens is 298 g/mol. The quantitative estimate of drug-likeness (QED) is 0.904. The number of aliphatic hydroxyl groups is 1. The van der Waals surface area contributed by atoms with E-state index in [1.807, 2.05) is 25.1 Å². The van der Waals surface area contributed by atoms with Crippen LogP contribution in [0.5, 0.6) is 5.75 Å². The topological polar surface area (TPSA) is 49.8 Å². The molecule has 1 unspecified atom stereocenters. The molecule has 4 nitrogen and oxygen atoms in total. The number of nitrogens with zero attached hydrogens (tertiary/aromatic N) is 1. The maximum absolute atomic E-state index is 11.8. The van der Waals surface area contributed by atoms with Crippen molar-refractivity contribution >= 4 is 21.8 Å². The predicted molar refractivity (Wildman–Crippen MR) is 73.7 cm³/mol. The van der Waals surface area contributed by atoms with E-state index in [-0.39, 0.29) is 25.2 Å². The Morgan fingerprint density at radius 3 is 2.78 bits per heavy atom. The van der Waals surface area contributed by atoms with Gasteiger partial charge in [-0.3, -0.25) is 4.79 Å². The minimum Gasteiger partial charge on any atom is -0.483 e. The third-order valence-electron chi connectivity index (χ3n) is 2.76. The first-order valence-corrected chi connectivity index (χ1v) is 6.50. The number of hydrogen-bond donors (Lipinski definition) is 1. The second kappa shape index (κ2) is 6.75. The van der Waals surface area contributed by atoms with Crippen molar-refractivity contribution < 1.29 is 14.6 Å². The number of aliphatic hydroxyl groups excluding tert-OH is 1. The van der Waals surface area contributed by atoms with Gasteiger partial charge in [-0.15, -0.1) is 0 Å². The number of halogens is 1. The Morgan fingerprint density at radius 1 is 1.56 bits per heavy atom. The Bertz CT molecular complexity index is 423. The lowest BCUT2D eigenvalue weighted by Gasteiger charge is -2.23. The molecule has 0 bridgehead atoms. The molecule has 5 heteroatoms. The lowest BCUT2D eigenvalue weighted by atomic mass is 10.2. The van der Waals surface area contributed by atoms with Crippen molar-refractivity contribution in [1.29, 1.82) is 0 Å². The van der Waals surface area contributed by atoms with Crippen LogP contribution in [0.2, 0.25) is 0 Å². The molecule has 18 heavy (non-hydrogen) atoms. The van der Waals surface area contributed by atoms with Gasteiger partial charge in [-0.25, -0.2) is 0 Å². The van der Waals surface area contributed by atoms with Gasteiger partial charge in [-0.1, -0.05) is 6.07 Å². The molecule has 0 aromatic heterocycles. The number of likely N-dealkylation sites (N-methyl/N-ethyl adjacent to an activating group) is 1. The highest BCUT2D eigenvalue weighted by atomic mass is 79.9. The monoisotopic (exact) mass is 315 g/mol. The maximum atomic E-state index is 11.8. The summed E-state index contributed by atoms with van der Waals surface area (Å²) in [7, 11) is 1.65. The van der Waals surface area contributed by atoms with E-state index >= 15 is 0 Å². The summed E-state index contributed by atoms with van der Waals surface area (Å²) in [4.78, 5) is 13.2. The van der Waals surface area contributed by atoms with Gasteiger partial charge >= 0.3 is 0 Å². The molecular formula is C13H18BrNO3. The van der Waals surface area contributed by atoms with Crippen molar-refractivity contribution in [2.45, 2.75) is 19.9 Å². The van der Waals surface area contributed by atoms with E-state index in [2.05, 4.69) is 15.9 Å². The van der Waals surface area contributed by atoms with Crippen LogP contribution in [0.1, 0.15) is 12.5 Å². The van der Waals surface area contributed by atoms with Crippen LogP contribution in [0.3, 0.4) is 0 Å². The third kappa shape index (κ3) is 3.99. The molecule has 0 fully saturated rings. The Kier molecular flexibility index (Phi) is 5.62. The van der Waals surface area contributed by atoms with Crippen LogP contribution < -0.4 is 4.74 Å². The van der Waals surface area contributed by atoms with E-state index in [1.54, 1.807) is 14.0 Å². The number of carbonyl (C=O) groups excluding carboxylic acids is 1. The Hall–Kier alpha value is -1.07. The van der Waals surface area contributed by atoms with Crippen LogP contribution in [0.4, 0.5) is 0 Å². The van der Waals surface area contributed by atoms with Gasteiger partial charge in [0.1, 0.15) is 5.75 Å². The largest absolute Gasteiger partial charge is 0.483 e. The molecule has 0 spiro atoms. The molecule has 0 aliphatic carbocycles. The van der Waals surface area contributed by atoms with Gasteiger partial charge in [0.15, 0.2) is 6.61 Å². The van der Waals surface area contributed by atoms with Gasteiger partial charge in [0.2, 0.25) is 0 Å². The first-order valence-electron chi connectivity index (χ1n) is 5.71. The minimum absolute atomic E-state index is 0.0392. The predicted octanol–water partition coefficient (Wildman–Crippen LogP) is 1.98. The molecule has 1 atom stereocenters. The summed E-state index contributed by atoms with van der Waals surface area (Å²) < 4.78 is 6.28. The van der Waals surface area contributed by atoms with Crippen LogP contribution >= 0.6 is 15.9 Å². The van der Waals surface area contributed by atoms with Crippen molar-refractivity contribution in [3.05, 3.63) is 28.2 Å². The zero-order chi connectivity index (χ0) is 13.7. The van der Waals surface area contributed by atoms with Gasteiger partial charge in [0.05, 0.1) is 17.1 Å². The highest BCUT2D eigenvalue weighted by molar-refractivity contribution is 9.10. The molecule has 0 aliphatic rings. The number of benzene rings is 1. The molecule has 0 heterocycles. The van der Waals surface area contributed by atoms with Crippen molar-refractivity contribution in [1.82, 2.24) is 4.90 Å². The smallest absolute Gasteiger partial charge is 0.260 e. The van der Waals surface area contributed by atoms with Crippen LogP contribution in [0, 0.1) is 6.92 Å². The number of hydrogen-bond acceptors (Lipinski definition) is 3. The molecule has 0 saturated heterocycles. The Labute approximate surface area is 116 Å². The van der Waals surface area contributed by atoms with Crippen molar-refractivity contribution in [3.63, 3.8) is 0 Å². The normalized spacial score (nSPS) is 12.1. The van der Waals surface area contributed by atoms with Crippen molar-refractivity contribution in [2.75, 3.05) is 20.3 Å². The number of ether oxygens (including phenoxy) is 1. The van der Waals surface area contributed by atoms with Gasteiger partial charge in [0.25, 0.3) is 5.91 Å². The molecule has 0 radical (unpaired) electrons. The first-order chi connectivity index (χ1) is 8.45. The fourth-order valence-electron chi connectivity index (χ4n) is 1.33. The van der Waals surface area contributed by atoms with E-state index < -0.39 is 0 Å². The van der Waals surface area contributed by atoms with Crippen molar-refractivity contribution in [2.24, 2.45) is 0 Å². The first kappa shape index (κ1) is 15.0. The zero-order valence-electron chi connectivity index (χ0n) is 10.8. The zero-order valence-corrected chi connectivity index (χ0v) is 12.4. The summed E-state index contributed by atoms with van der Waals surface area (Å²) in [5.74, 6) is 0.475. The summed E-state index contributed by atoms with van der Waals surface area (Å²) >= 11 is 3.39. The average molecular weight is 316 g/mol. The minimum atomic E-state index is -0.206. The van der Waals surface area contributed by atoms with Gasteiger partial charge < -0.3 is 14.7 Å². The molecule has 0 aliphatic heterocycles. The van der Waals surface area contributed by atoms with Gasteiger partial charge in [-0.2, -0.15) is 0 Å². The van der Waals surface area contributed by atoms with Crippen LogP contribution in [-0.2, 0) is 4.79 Å². The second-order valence-electron chi connectivity index (χ2n) is 4.26. The van der Waals surface area contributed by atoms with Gasteiger partial charge in [0, 0.05) is 7.05 Å². The highest BCUT2D eigenvalue weighted by Crippen LogP contribution is 2.25. The molecule has 100 valence electrons. The maximum Gasteiger partial charge on any atom is 0.260 e. The van der Waals surface area contributed by atoms with Crippen LogP contribution in [-0.4, -0.2) is 42.2 Å². The number of aryl methyl sites for hydroxylation is 1. The fraction of sp³-hybridized carbons (Fsp3) is 0.462. The summed E-state index contributed by atoms with van der Waals surface area (Å²) in [6.07, 6.45) is 0. The standard InChI is InChI=1S/C13H18BrNO3/c1-9-4-5-12(11(14)6-9)18-8-13(17)15(3)10(2)7-16/h4-6,10,16H,7-8H2,1-3H3. The van der Waals surface area contributed by atoms with E-state index in [0.717, 1.165) is 10.0 Å². The number of carbonyl (C=O) groups is 1. The summed E-state index contributed by atoms with van der Waals surface area (Å²) in [5, 5.41) is 8.97. The lowest BCUT2D eigenvalue weighted by Crippen LogP contribution is -2.40.